The molecule has 4 rings (SSSR count). The van der Waals surface area contributed by atoms with Gasteiger partial charge in [0.25, 0.3) is 11.4 Å². The maximum atomic E-state index is 12.5. The minimum absolute atomic E-state index is 0.462. The highest BCUT2D eigenvalue weighted by Gasteiger charge is 2.48. The highest BCUT2D eigenvalue weighted by molar-refractivity contribution is 5.69. The predicted molar refractivity (Wildman–Crippen MR) is 117 cm³/mol. The molecule has 1 saturated heterocycles. The van der Waals surface area contributed by atoms with E-state index in [1.807, 2.05) is 18.2 Å². The van der Waals surface area contributed by atoms with E-state index in [2.05, 4.69) is 46.2 Å². The molecule has 2 aliphatic rings. The number of anilines is 1. The minimum Gasteiger partial charge on any atom is -0.753 e. The largest absolute Gasteiger partial charge is 0.753 e. The van der Waals surface area contributed by atoms with Crippen LogP contribution in [0.25, 0.3) is 6.08 Å². The predicted octanol–water partition coefficient (Wildman–Crippen LogP) is 3.98. The number of piperazine rings is 1. The Balaban J connectivity index is 1.30. The average molecular weight is 393 g/mol. The molecule has 6 nitrogen and oxygen atoms in total. The van der Waals surface area contributed by atoms with Crippen LogP contribution >= 0.6 is 0 Å². The van der Waals surface area contributed by atoms with Gasteiger partial charge in [0.1, 0.15) is 5.69 Å². The molecular formula is C23H28N4O2. The molecule has 6 heteroatoms. The van der Waals surface area contributed by atoms with Gasteiger partial charge >= 0.3 is 0 Å². The van der Waals surface area contributed by atoms with E-state index >= 15 is 0 Å². The van der Waals surface area contributed by atoms with Crippen LogP contribution in [0.3, 0.4) is 0 Å². The maximum absolute atomic E-state index is 12.5. The summed E-state index contributed by atoms with van der Waals surface area (Å²) in [6.45, 7) is 9.11. The summed E-state index contributed by atoms with van der Waals surface area (Å²) in [5.74, 6) is 0. The van der Waals surface area contributed by atoms with Gasteiger partial charge in [-0.25, -0.2) is 0 Å². The highest BCUT2D eigenvalue weighted by atomic mass is 16.5. The Morgan fingerprint density at radius 3 is 2.45 bits per heavy atom. The first-order chi connectivity index (χ1) is 13.9. The summed E-state index contributed by atoms with van der Waals surface area (Å²) in [5.41, 5.74) is 2.17. The smallest absolute Gasteiger partial charge is 0.281 e. The molecule has 0 saturated carbocycles. The highest BCUT2D eigenvalue weighted by Crippen LogP contribution is 2.43. The average Bonchev–Trinajstić information content (AvgIpc) is 2.90. The minimum atomic E-state index is -1.08. The number of hydrogen-bond donors (Lipinski definition) is 0. The van der Waals surface area contributed by atoms with Crippen molar-refractivity contribution >= 4 is 17.5 Å². The Hall–Kier alpha value is -2.54. The standard InChI is InChI=1S/C23H28N4O2/c1-23(2)26(28)21-11-10-20(17-22(21)27(23)29)18-25-15-13-24(14-16-25)12-6-9-19-7-4-3-5-8-19/h3-11,17H,12-16,18H2,1-2H3/b9-6+. The Kier molecular flexibility index (Phi) is 5.50. The zero-order valence-electron chi connectivity index (χ0n) is 17.1. The lowest BCUT2D eigenvalue weighted by atomic mass is 10.1. The van der Waals surface area contributed by atoms with Gasteiger partial charge in [0.2, 0.25) is 0 Å². The van der Waals surface area contributed by atoms with E-state index in [9.17, 15) is 10.1 Å². The molecule has 0 aliphatic carbocycles. The van der Waals surface area contributed by atoms with Gasteiger partial charge in [-0.2, -0.15) is 0 Å². The summed E-state index contributed by atoms with van der Waals surface area (Å²) >= 11 is 0. The molecule has 0 atom stereocenters. The fourth-order valence-corrected chi connectivity index (χ4v) is 3.96. The van der Waals surface area contributed by atoms with Gasteiger partial charge in [0.15, 0.2) is 0 Å². The fraction of sp³-hybridized carbons (Fsp3) is 0.391. The van der Waals surface area contributed by atoms with E-state index in [0.717, 1.165) is 54.7 Å². The summed E-state index contributed by atoms with van der Waals surface area (Å²) in [5, 5.41) is 13.3. The van der Waals surface area contributed by atoms with E-state index < -0.39 is 5.66 Å². The Labute approximate surface area is 172 Å². The molecule has 1 fully saturated rings. The van der Waals surface area contributed by atoms with Crippen molar-refractivity contribution < 1.29 is 4.76 Å². The monoisotopic (exact) mass is 392 g/mol. The second-order valence-electron chi connectivity index (χ2n) is 8.30. The van der Waals surface area contributed by atoms with E-state index in [0.29, 0.717) is 11.4 Å². The summed E-state index contributed by atoms with van der Waals surface area (Å²) in [4.78, 5) is 17.2. The third-order valence-electron chi connectivity index (χ3n) is 5.82. The number of fused-ring (bicyclic) bond motifs is 1. The van der Waals surface area contributed by atoms with Crippen molar-refractivity contribution in [2.24, 2.45) is 0 Å². The molecular weight excluding hydrogens is 364 g/mol. The zero-order chi connectivity index (χ0) is 20.4. The number of nitrogens with zero attached hydrogens (tertiary/aromatic N) is 4. The van der Waals surface area contributed by atoms with Gasteiger partial charge in [-0.05, 0) is 17.2 Å². The molecule has 2 aliphatic heterocycles. The van der Waals surface area contributed by atoms with Gasteiger partial charge in [-0.3, -0.25) is 9.80 Å². The molecule has 0 unspecified atom stereocenters. The first-order valence-corrected chi connectivity index (χ1v) is 10.2. The molecule has 0 N–H and O–H groups in total. The second kappa shape index (κ2) is 8.06. The van der Waals surface area contributed by atoms with Crippen molar-refractivity contribution in [1.29, 1.82) is 0 Å². The van der Waals surface area contributed by atoms with Crippen LogP contribution in [0.4, 0.5) is 11.4 Å². The first-order valence-electron chi connectivity index (χ1n) is 10.2. The molecule has 0 radical (unpaired) electrons. The van der Waals surface area contributed by atoms with E-state index in [4.69, 9.17) is 0 Å². The van der Waals surface area contributed by atoms with E-state index in [1.54, 1.807) is 19.9 Å². The lowest BCUT2D eigenvalue weighted by Crippen LogP contribution is -2.45. The van der Waals surface area contributed by atoms with Crippen LogP contribution in [0, 0.1) is 10.1 Å². The van der Waals surface area contributed by atoms with Crippen LogP contribution in [0.1, 0.15) is 25.0 Å². The van der Waals surface area contributed by atoms with Crippen molar-refractivity contribution in [3.63, 3.8) is 0 Å². The normalized spacial score (nSPS) is 19.8. The summed E-state index contributed by atoms with van der Waals surface area (Å²) in [6.07, 6.45) is 4.40. The van der Waals surface area contributed by atoms with Crippen LogP contribution in [0.15, 0.2) is 54.6 Å². The summed E-state index contributed by atoms with van der Waals surface area (Å²) < 4.78 is 0.806. The van der Waals surface area contributed by atoms with Crippen molar-refractivity contribution in [3.05, 3.63) is 75.8 Å². The fourth-order valence-electron chi connectivity index (χ4n) is 3.96. The van der Waals surface area contributed by atoms with Gasteiger partial charge in [0.05, 0.1) is 4.76 Å². The number of hydroxylamine groups is 1. The van der Waals surface area contributed by atoms with Crippen LogP contribution in [-0.2, 0) is 6.54 Å². The first kappa shape index (κ1) is 19.8. The number of nitroso groups, excluding NO2 is 1. The zero-order valence-corrected chi connectivity index (χ0v) is 17.1. The summed E-state index contributed by atoms with van der Waals surface area (Å²) in [6, 6.07) is 16.0. The SMILES string of the molecule is CC1(C)N([O-])c2cc(CN3CCN(C/C=C/c4ccccc4)CC3)ccc2[N+]1=O. The van der Waals surface area contributed by atoms with Crippen molar-refractivity contribution in [1.82, 2.24) is 9.80 Å². The van der Waals surface area contributed by atoms with Crippen LogP contribution in [0.5, 0.6) is 0 Å². The molecule has 0 spiro atoms. The Bertz CT molecular complexity index is 902. The lowest BCUT2D eigenvalue weighted by molar-refractivity contribution is -0.532. The molecule has 0 amide bonds. The Morgan fingerprint density at radius 2 is 1.72 bits per heavy atom. The maximum Gasteiger partial charge on any atom is 0.281 e. The van der Waals surface area contributed by atoms with Crippen molar-refractivity contribution in [3.8, 4) is 0 Å². The molecule has 2 heterocycles. The number of hydrogen-bond acceptors (Lipinski definition) is 5. The third-order valence-corrected chi connectivity index (χ3v) is 5.82. The lowest BCUT2D eigenvalue weighted by Gasteiger charge is -2.34. The second-order valence-corrected chi connectivity index (χ2v) is 8.30. The van der Waals surface area contributed by atoms with Crippen LogP contribution in [0.2, 0.25) is 0 Å². The molecule has 0 bridgehead atoms. The van der Waals surface area contributed by atoms with E-state index in [1.165, 1.54) is 5.56 Å². The van der Waals surface area contributed by atoms with Gasteiger partial charge in [-0.15, -0.1) is 0 Å². The van der Waals surface area contributed by atoms with E-state index in [-0.39, 0.29) is 0 Å². The molecule has 2 aromatic carbocycles. The molecule has 0 aromatic heterocycles. The number of rotatable bonds is 5. The van der Waals surface area contributed by atoms with Crippen molar-refractivity contribution in [2.45, 2.75) is 26.1 Å². The van der Waals surface area contributed by atoms with Gasteiger partial charge < -0.3 is 10.3 Å². The molecule has 152 valence electrons. The Morgan fingerprint density at radius 1 is 1.03 bits per heavy atom. The quantitative estimate of drug-likeness (QED) is 0.721. The molecule has 29 heavy (non-hydrogen) atoms. The van der Waals surface area contributed by atoms with Crippen LogP contribution in [-0.4, -0.2) is 52.9 Å². The van der Waals surface area contributed by atoms with Gasteiger partial charge in [0, 0.05) is 64.1 Å². The van der Waals surface area contributed by atoms with Crippen molar-refractivity contribution in [2.75, 3.05) is 37.8 Å². The molecule has 2 aromatic rings. The topological polar surface area (TPSA) is 52.9 Å². The third kappa shape index (κ3) is 4.10. The number of benzene rings is 2. The van der Waals surface area contributed by atoms with Crippen LogP contribution < -0.4 is 5.06 Å². The van der Waals surface area contributed by atoms with Gasteiger partial charge in [-0.1, -0.05) is 48.6 Å². The summed E-state index contributed by atoms with van der Waals surface area (Å²) in [7, 11) is 0.